The molecule has 4 nitrogen and oxygen atoms in total. The van der Waals surface area contributed by atoms with Gasteiger partial charge in [0.2, 0.25) is 0 Å². The molecule has 1 fully saturated rings. The molecule has 16 heavy (non-hydrogen) atoms. The predicted molar refractivity (Wildman–Crippen MR) is 68.5 cm³/mol. The molecule has 1 aromatic heterocycles. The first-order valence-corrected chi connectivity index (χ1v) is 5.91. The highest BCUT2D eigenvalue weighted by molar-refractivity contribution is 7.80. The average Bonchev–Trinajstić information content (AvgIpc) is 3.02. The van der Waals surface area contributed by atoms with Crippen LogP contribution in [0.2, 0.25) is 0 Å². The summed E-state index contributed by atoms with van der Waals surface area (Å²) in [5.41, 5.74) is 6.53. The lowest BCUT2D eigenvalue weighted by atomic mass is 10.3. The Hall–Kier alpha value is -1.23. The van der Waals surface area contributed by atoms with Gasteiger partial charge in [-0.05, 0) is 19.8 Å². The van der Waals surface area contributed by atoms with Crippen molar-refractivity contribution in [1.82, 2.24) is 9.97 Å². The summed E-state index contributed by atoms with van der Waals surface area (Å²) in [5.74, 6) is 0.992. The monoisotopic (exact) mass is 236 g/mol. The molecule has 0 amide bonds. The summed E-state index contributed by atoms with van der Waals surface area (Å²) in [7, 11) is 0. The summed E-state index contributed by atoms with van der Waals surface area (Å²) in [5, 5.41) is 0. The number of anilines is 1. The molecule has 0 aromatic carbocycles. The number of nitrogens with two attached hydrogens (primary N) is 1. The van der Waals surface area contributed by atoms with Crippen LogP contribution in [0.3, 0.4) is 0 Å². The maximum atomic E-state index is 5.54. The normalized spacial score (nSPS) is 14.8. The quantitative estimate of drug-likeness (QED) is 0.784. The number of thiocarbonyl (C=S) groups is 1. The van der Waals surface area contributed by atoms with Gasteiger partial charge in [0.15, 0.2) is 0 Å². The molecule has 86 valence electrons. The van der Waals surface area contributed by atoms with E-state index >= 15 is 0 Å². The molecule has 2 N–H and O–H groups in total. The molecule has 0 unspecified atom stereocenters. The van der Waals surface area contributed by atoms with Gasteiger partial charge < -0.3 is 10.6 Å². The SMILES string of the molecule is Cc1cc(N(CCC(N)=S)C2CC2)ncn1. The van der Waals surface area contributed by atoms with Crippen molar-refractivity contribution in [2.45, 2.75) is 32.2 Å². The van der Waals surface area contributed by atoms with E-state index in [0.29, 0.717) is 11.0 Å². The smallest absolute Gasteiger partial charge is 0.132 e. The predicted octanol–water partition coefficient (Wildman–Crippen LogP) is 1.43. The van der Waals surface area contributed by atoms with E-state index in [1.165, 1.54) is 12.8 Å². The highest BCUT2D eigenvalue weighted by atomic mass is 32.1. The van der Waals surface area contributed by atoms with Crippen molar-refractivity contribution in [1.29, 1.82) is 0 Å². The molecular weight excluding hydrogens is 220 g/mol. The Balaban J connectivity index is 2.09. The van der Waals surface area contributed by atoms with Gasteiger partial charge in [-0.15, -0.1) is 0 Å². The van der Waals surface area contributed by atoms with Crippen molar-refractivity contribution < 1.29 is 0 Å². The van der Waals surface area contributed by atoms with Crippen LogP contribution in [0.1, 0.15) is 25.0 Å². The third-order valence-electron chi connectivity index (χ3n) is 2.67. The first-order chi connectivity index (χ1) is 7.66. The molecule has 1 aliphatic carbocycles. The lowest BCUT2D eigenvalue weighted by Crippen LogP contribution is -2.30. The molecule has 1 saturated carbocycles. The summed E-state index contributed by atoms with van der Waals surface area (Å²) in [4.78, 5) is 11.3. The highest BCUT2D eigenvalue weighted by Crippen LogP contribution is 2.30. The zero-order valence-corrected chi connectivity index (χ0v) is 10.2. The van der Waals surface area contributed by atoms with Crippen LogP contribution in [0.25, 0.3) is 0 Å². The van der Waals surface area contributed by atoms with Gasteiger partial charge in [-0.25, -0.2) is 9.97 Å². The summed E-state index contributed by atoms with van der Waals surface area (Å²) >= 11 is 4.91. The van der Waals surface area contributed by atoms with Crippen LogP contribution in [0, 0.1) is 6.92 Å². The Kier molecular flexibility index (Phi) is 3.33. The number of aryl methyl sites for hydroxylation is 1. The van der Waals surface area contributed by atoms with E-state index in [-0.39, 0.29) is 0 Å². The fraction of sp³-hybridized carbons (Fsp3) is 0.545. The van der Waals surface area contributed by atoms with Crippen LogP contribution in [-0.2, 0) is 0 Å². The topological polar surface area (TPSA) is 55.0 Å². The first kappa shape index (κ1) is 11.3. The van der Waals surface area contributed by atoms with Crippen molar-refractivity contribution in [3.8, 4) is 0 Å². The minimum Gasteiger partial charge on any atom is -0.393 e. The summed E-state index contributed by atoms with van der Waals surface area (Å²) < 4.78 is 0. The van der Waals surface area contributed by atoms with Crippen LogP contribution >= 0.6 is 12.2 Å². The molecule has 1 aromatic rings. The molecule has 0 aliphatic heterocycles. The van der Waals surface area contributed by atoms with E-state index in [4.69, 9.17) is 18.0 Å². The molecule has 0 spiro atoms. The Morgan fingerprint density at radius 2 is 2.31 bits per heavy atom. The van der Waals surface area contributed by atoms with E-state index in [2.05, 4.69) is 14.9 Å². The minimum atomic E-state index is 0.566. The van der Waals surface area contributed by atoms with Crippen LogP contribution < -0.4 is 10.6 Å². The van der Waals surface area contributed by atoms with Gasteiger partial charge in [0.05, 0.1) is 4.99 Å². The zero-order valence-electron chi connectivity index (χ0n) is 9.39. The zero-order chi connectivity index (χ0) is 11.5. The van der Waals surface area contributed by atoms with Crippen LogP contribution in [0.5, 0.6) is 0 Å². The van der Waals surface area contributed by atoms with Gasteiger partial charge >= 0.3 is 0 Å². The number of aromatic nitrogens is 2. The third kappa shape index (κ3) is 2.88. The van der Waals surface area contributed by atoms with E-state index < -0.39 is 0 Å². The second kappa shape index (κ2) is 4.74. The van der Waals surface area contributed by atoms with Crippen LogP contribution in [0.15, 0.2) is 12.4 Å². The van der Waals surface area contributed by atoms with Gasteiger partial charge in [-0.3, -0.25) is 0 Å². The summed E-state index contributed by atoms with van der Waals surface area (Å²) in [6, 6.07) is 2.63. The van der Waals surface area contributed by atoms with Gasteiger partial charge in [-0.2, -0.15) is 0 Å². The average molecular weight is 236 g/mol. The number of hydrogen-bond acceptors (Lipinski definition) is 4. The first-order valence-electron chi connectivity index (χ1n) is 5.50. The molecular formula is C11H16N4S. The standard InChI is InChI=1S/C11H16N4S/c1-8-6-11(14-7-13-8)15(9-2-3-9)5-4-10(12)16/h6-7,9H,2-5H2,1H3,(H2,12,16). The van der Waals surface area contributed by atoms with Crippen LogP contribution in [0.4, 0.5) is 5.82 Å². The molecule has 0 bridgehead atoms. The summed E-state index contributed by atoms with van der Waals surface area (Å²) in [6.45, 7) is 2.83. The van der Waals surface area contributed by atoms with Crippen molar-refractivity contribution in [3.05, 3.63) is 18.1 Å². The number of hydrogen-bond donors (Lipinski definition) is 1. The lowest BCUT2D eigenvalue weighted by Gasteiger charge is -2.23. The van der Waals surface area contributed by atoms with Gasteiger partial charge in [-0.1, -0.05) is 12.2 Å². The van der Waals surface area contributed by atoms with Gasteiger partial charge in [0.1, 0.15) is 12.1 Å². The van der Waals surface area contributed by atoms with E-state index in [1.807, 2.05) is 13.0 Å². The number of rotatable bonds is 5. The lowest BCUT2D eigenvalue weighted by molar-refractivity contribution is 0.781. The summed E-state index contributed by atoms with van der Waals surface area (Å²) in [6.07, 6.45) is 4.83. The Labute approximate surface area is 101 Å². The van der Waals surface area contributed by atoms with Crippen molar-refractivity contribution in [2.75, 3.05) is 11.4 Å². The van der Waals surface area contributed by atoms with Gasteiger partial charge in [0.25, 0.3) is 0 Å². The fourth-order valence-electron chi connectivity index (χ4n) is 1.70. The molecule has 1 heterocycles. The number of nitrogens with zero attached hydrogens (tertiary/aromatic N) is 3. The van der Waals surface area contributed by atoms with Crippen LogP contribution in [-0.4, -0.2) is 27.5 Å². The third-order valence-corrected chi connectivity index (χ3v) is 2.87. The Morgan fingerprint density at radius 1 is 1.56 bits per heavy atom. The van der Waals surface area contributed by atoms with Gasteiger partial charge in [0, 0.05) is 30.8 Å². The van der Waals surface area contributed by atoms with Crippen molar-refractivity contribution in [3.63, 3.8) is 0 Å². The van der Waals surface area contributed by atoms with Crippen molar-refractivity contribution in [2.24, 2.45) is 5.73 Å². The maximum absolute atomic E-state index is 5.54. The van der Waals surface area contributed by atoms with E-state index in [0.717, 1.165) is 24.5 Å². The van der Waals surface area contributed by atoms with E-state index in [9.17, 15) is 0 Å². The largest absolute Gasteiger partial charge is 0.393 e. The highest BCUT2D eigenvalue weighted by Gasteiger charge is 2.29. The van der Waals surface area contributed by atoms with E-state index in [1.54, 1.807) is 6.33 Å². The second-order valence-corrected chi connectivity index (χ2v) is 4.68. The molecule has 5 heteroatoms. The van der Waals surface area contributed by atoms with Crippen molar-refractivity contribution >= 4 is 23.0 Å². The molecule has 0 saturated heterocycles. The minimum absolute atomic E-state index is 0.566. The molecule has 2 rings (SSSR count). The Bertz CT molecular complexity index is 389. The molecule has 0 radical (unpaired) electrons. The molecule has 0 atom stereocenters. The second-order valence-electron chi connectivity index (χ2n) is 4.16. The Morgan fingerprint density at radius 3 is 2.88 bits per heavy atom. The molecule has 1 aliphatic rings. The fourth-order valence-corrected chi connectivity index (χ4v) is 1.79. The maximum Gasteiger partial charge on any atom is 0.132 e.